The lowest BCUT2D eigenvalue weighted by Gasteiger charge is -2.45. The van der Waals surface area contributed by atoms with Crippen molar-refractivity contribution >= 4 is 15.9 Å². The third kappa shape index (κ3) is 5.68. The van der Waals surface area contributed by atoms with Gasteiger partial charge in [0, 0.05) is 32.7 Å². The Kier molecular flexibility index (Phi) is 8.10. The first-order valence-corrected chi connectivity index (χ1v) is 14.3. The third-order valence-corrected chi connectivity index (χ3v) is 10.5. The third-order valence-electron chi connectivity index (χ3n) is 8.35. The van der Waals surface area contributed by atoms with Gasteiger partial charge in [0.1, 0.15) is 12.4 Å². The minimum Gasteiger partial charge on any atom is -0.497 e. The van der Waals surface area contributed by atoms with Crippen LogP contribution in [0.3, 0.4) is 0 Å². The number of sulfonamides is 1. The lowest BCUT2D eigenvalue weighted by Crippen LogP contribution is -2.48. The average molecular weight is 508 g/mol. The number of amides is 1. The van der Waals surface area contributed by atoms with Crippen molar-refractivity contribution in [3.8, 4) is 5.75 Å². The first kappa shape index (κ1) is 26.4. The van der Waals surface area contributed by atoms with Gasteiger partial charge in [-0.1, -0.05) is 6.42 Å². The maximum Gasteiger partial charge on any atom is 0.248 e. The number of methoxy groups -OCH3 is 1. The predicted molar refractivity (Wildman–Crippen MR) is 135 cm³/mol. The molecular weight excluding hydrogens is 466 g/mol. The zero-order chi connectivity index (χ0) is 25.2. The van der Waals surface area contributed by atoms with E-state index in [1.54, 1.807) is 40.1 Å². The minimum atomic E-state index is -3.67. The van der Waals surface area contributed by atoms with E-state index in [2.05, 4.69) is 4.90 Å². The molecule has 9 heteroatoms. The number of hydrogen-bond donors (Lipinski definition) is 0. The number of piperidine rings is 1. The van der Waals surface area contributed by atoms with Gasteiger partial charge in [0.2, 0.25) is 15.9 Å². The Morgan fingerprint density at radius 3 is 2.31 bits per heavy atom. The summed E-state index contributed by atoms with van der Waals surface area (Å²) in [5, 5.41) is 0. The van der Waals surface area contributed by atoms with E-state index >= 15 is 0 Å². The van der Waals surface area contributed by atoms with Gasteiger partial charge in [0.15, 0.2) is 0 Å². The average Bonchev–Trinajstić information content (AvgIpc) is 3.19. The molecule has 0 bridgehead atoms. The fourth-order valence-corrected chi connectivity index (χ4v) is 7.38. The second-order valence-corrected chi connectivity index (χ2v) is 12.6. The van der Waals surface area contributed by atoms with E-state index in [0.29, 0.717) is 21.8 Å². The number of ether oxygens (including phenoxy) is 2. The lowest BCUT2D eigenvalue weighted by molar-refractivity contribution is -0.135. The normalized spacial score (nSPS) is 21.0. The molecule has 0 aromatic heterocycles. The van der Waals surface area contributed by atoms with Gasteiger partial charge in [0.25, 0.3) is 0 Å². The molecule has 1 aliphatic carbocycles. The summed E-state index contributed by atoms with van der Waals surface area (Å²) in [7, 11) is -0.562. The Bertz CT molecular complexity index is 993. The predicted octanol–water partition coefficient (Wildman–Crippen LogP) is 2.82. The van der Waals surface area contributed by atoms with E-state index in [-0.39, 0.29) is 31.1 Å². The molecule has 3 fully saturated rings. The van der Waals surface area contributed by atoms with Gasteiger partial charge in [-0.05, 0) is 87.7 Å². The van der Waals surface area contributed by atoms with Crippen LogP contribution in [0.15, 0.2) is 17.0 Å². The zero-order valence-corrected chi connectivity index (χ0v) is 22.5. The van der Waals surface area contributed by atoms with Crippen molar-refractivity contribution < 1.29 is 22.7 Å². The summed E-state index contributed by atoms with van der Waals surface area (Å²) in [4.78, 5) is 17.7. The van der Waals surface area contributed by atoms with Crippen molar-refractivity contribution in [1.82, 2.24) is 14.1 Å². The number of rotatable bonds is 9. The van der Waals surface area contributed by atoms with Crippen molar-refractivity contribution in [1.29, 1.82) is 0 Å². The number of benzene rings is 1. The fraction of sp³-hybridized carbons (Fsp3) is 0.731. The van der Waals surface area contributed by atoms with Crippen LogP contribution < -0.4 is 4.74 Å². The Morgan fingerprint density at radius 1 is 1.11 bits per heavy atom. The van der Waals surface area contributed by atoms with Crippen molar-refractivity contribution in [2.24, 2.45) is 5.41 Å². The molecule has 196 valence electrons. The molecule has 1 aromatic rings. The second kappa shape index (κ2) is 10.7. The summed E-state index contributed by atoms with van der Waals surface area (Å²) < 4.78 is 38.4. The zero-order valence-electron chi connectivity index (χ0n) is 21.7. The first-order valence-electron chi connectivity index (χ1n) is 12.9. The number of hydrogen-bond acceptors (Lipinski definition) is 6. The highest BCUT2D eigenvalue weighted by Crippen LogP contribution is 2.42. The molecule has 0 unspecified atom stereocenters. The van der Waals surface area contributed by atoms with Gasteiger partial charge in [-0.15, -0.1) is 0 Å². The molecule has 35 heavy (non-hydrogen) atoms. The summed E-state index contributed by atoms with van der Waals surface area (Å²) in [5.41, 5.74) is 1.57. The van der Waals surface area contributed by atoms with Crippen molar-refractivity contribution in [2.75, 3.05) is 60.1 Å². The molecule has 4 rings (SSSR count). The quantitative estimate of drug-likeness (QED) is 0.479. The van der Waals surface area contributed by atoms with Gasteiger partial charge in [-0.2, -0.15) is 4.31 Å². The minimum absolute atomic E-state index is 0.00123. The van der Waals surface area contributed by atoms with Crippen molar-refractivity contribution in [2.45, 2.75) is 63.3 Å². The Hall–Kier alpha value is -1.68. The highest BCUT2D eigenvalue weighted by atomic mass is 32.2. The van der Waals surface area contributed by atoms with E-state index in [1.807, 2.05) is 4.90 Å². The second-order valence-electron chi connectivity index (χ2n) is 10.7. The van der Waals surface area contributed by atoms with Crippen LogP contribution in [0.25, 0.3) is 0 Å². The maximum absolute atomic E-state index is 13.1. The van der Waals surface area contributed by atoms with Gasteiger partial charge in [-0.25, -0.2) is 8.42 Å². The lowest BCUT2D eigenvalue weighted by atomic mass is 9.76. The van der Waals surface area contributed by atoms with Crippen LogP contribution in [-0.2, 0) is 19.6 Å². The number of likely N-dealkylation sites (N-methyl/N-ethyl adjacent to an activating group) is 1. The summed E-state index contributed by atoms with van der Waals surface area (Å²) in [6.45, 7) is 7.85. The van der Waals surface area contributed by atoms with Gasteiger partial charge in [-0.3, -0.25) is 4.79 Å². The van der Waals surface area contributed by atoms with Crippen LogP contribution in [0, 0.1) is 19.3 Å². The van der Waals surface area contributed by atoms with Crippen molar-refractivity contribution in [3.05, 3.63) is 23.3 Å². The highest BCUT2D eigenvalue weighted by Gasteiger charge is 2.43. The SMILES string of the molecule is COc1cc(C)c(S(=O)(=O)N(C)CCOCC(=O)N2CCC3(CCN(C4CCC4)CC3)C2)c(C)c1. The van der Waals surface area contributed by atoms with Crippen LogP contribution in [0.4, 0.5) is 0 Å². The molecule has 2 aliphatic heterocycles. The summed E-state index contributed by atoms with van der Waals surface area (Å²) in [5.74, 6) is 0.645. The smallest absolute Gasteiger partial charge is 0.248 e. The Morgan fingerprint density at radius 2 is 1.74 bits per heavy atom. The van der Waals surface area contributed by atoms with E-state index in [9.17, 15) is 13.2 Å². The molecule has 8 nitrogen and oxygen atoms in total. The van der Waals surface area contributed by atoms with Crippen LogP contribution in [0.2, 0.25) is 0 Å². The van der Waals surface area contributed by atoms with E-state index in [0.717, 1.165) is 38.6 Å². The topological polar surface area (TPSA) is 79.4 Å². The number of carbonyl (C=O) groups excluding carboxylic acids is 1. The van der Waals surface area contributed by atoms with Gasteiger partial charge >= 0.3 is 0 Å². The number of likely N-dealkylation sites (tertiary alicyclic amines) is 2. The number of nitrogens with zero attached hydrogens (tertiary/aromatic N) is 3. The number of aryl methyl sites for hydroxylation is 2. The fourth-order valence-electron chi connectivity index (χ4n) is 5.83. The summed E-state index contributed by atoms with van der Waals surface area (Å²) in [6.07, 6.45) is 7.52. The molecule has 1 saturated carbocycles. The molecular formula is C26H41N3O5S. The maximum atomic E-state index is 13.1. The monoisotopic (exact) mass is 507 g/mol. The van der Waals surface area contributed by atoms with Crippen LogP contribution >= 0.6 is 0 Å². The van der Waals surface area contributed by atoms with E-state index < -0.39 is 10.0 Å². The molecule has 1 amide bonds. The van der Waals surface area contributed by atoms with Gasteiger partial charge in [0.05, 0.1) is 18.6 Å². The van der Waals surface area contributed by atoms with E-state index in [4.69, 9.17) is 9.47 Å². The molecule has 0 radical (unpaired) electrons. The standard InChI is InChI=1S/C26H41N3O5S/c1-20-16-23(33-4)17-21(2)25(20)35(31,32)27(3)14-15-34-18-24(30)29-13-10-26(19-29)8-11-28(12-9-26)22-6-5-7-22/h16-17,22H,5-15,18-19H2,1-4H3. The van der Waals surface area contributed by atoms with Crippen LogP contribution in [0.5, 0.6) is 5.75 Å². The molecule has 2 heterocycles. The van der Waals surface area contributed by atoms with E-state index in [1.165, 1.54) is 36.4 Å². The largest absolute Gasteiger partial charge is 0.497 e. The van der Waals surface area contributed by atoms with Gasteiger partial charge < -0.3 is 19.3 Å². The highest BCUT2D eigenvalue weighted by molar-refractivity contribution is 7.89. The Balaban J connectivity index is 1.21. The summed E-state index contributed by atoms with van der Waals surface area (Å²) >= 11 is 0. The molecule has 1 spiro atoms. The molecule has 1 aromatic carbocycles. The summed E-state index contributed by atoms with van der Waals surface area (Å²) in [6, 6.07) is 4.26. The molecule has 2 saturated heterocycles. The molecule has 0 N–H and O–H groups in total. The Labute approximate surface area is 210 Å². The van der Waals surface area contributed by atoms with Crippen LogP contribution in [-0.4, -0.2) is 94.6 Å². The first-order chi connectivity index (χ1) is 16.6. The molecule has 3 aliphatic rings. The van der Waals surface area contributed by atoms with Crippen molar-refractivity contribution in [3.63, 3.8) is 0 Å². The molecule has 0 atom stereocenters. The van der Waals surface area contributed by atoms with Crippen LogP contribution in [0.1, 0.15) is 49.7 Å². The number of carbonyl (C=O) groups is 1.